The molecule has 0 fully saturated rings. The van der Waals surface area contributed by atoms with Crippen molar-refractivity contribution in [2.75, 3.05) is 0 Å². The van der Waals surface area contributed by atoms with Crippen molar-refractivity contribution in [1.82, 2.24) is 5.32 Å². The van der Waals surface area contributed by atoms with Gasteiger partial charge in [-0.05, 0) is 45.9 Å². The predicted octanol–water partition coefficient (Wildman–Crippen LogP) is 4.37. The number of carbonyl (C=O) groups excluding carboxylic acids is 1. The van der Waals surface area contributed by atoms with Gasteiger partial charge >= 0.3 is 12.1 Å². The van der Waals surface area contributed by atoms with Crippen molar-refractivity contribution in [2.45, 2.75) is 39.3 Å². The van der Waals surface area contributed by atoms with Crippen LogP contribution in [0.25, 0.3) is 11.0 Å². The molecule has 0 bridgehead atoms. The highest BCUT2D eigenvalue weighted by Gasteiger charge is 2.21. The van der Waals surface area contributed by atoms with E-state index in [0.29, 0.717) is 16.2 Å². The molecule has 23 heavy (non-hydrogen) atoms. The monoisotopic (exact) mass is 339 g/mol. The number of amides is 1. The number of hydrogen-bond donors (Lipinski definition) is 2. The third-order valence-electron chi connectivity index (χ3n) is 2.99. The van der Waals surface area contributed by atoms with Gasteiger partial charge in [-0.2, -0.15) is 0 Å². The normalized spacial score (nSPS) is 12.9. The van der Waals surface area contributed by atoms with E-state index >= 15 is 0 Å². The zero-order chi connectivity index (χ0) is 17.4. The van der Waals surface area contributed by atoms with E-state index in [0.717, 1.165) is 0 Å². The fourth-order valence-corrected chi connectivity index (χ4v) is 2.29. The lowest BCUT2D eigenvalue weighted by molar-refractivity contribution is 0.0501. The number of carboxylic acid groups (broad SMARTS) is 1. The van der Waals surface area contributed by atoms with Crippen LogP contribution in [-0.2, 0) is 4.74 Å². The van der Waals surface area contributed by atoms with E-state index in [1.165, 1.54) is 6.07 Å². The lowest BCUT2D eigenvalue weighted by atomic mass is 10.1. The molecule has 1 amide bonds. The second-order valence-corrected chi connectivity index (χ2v) is 6.63. The first-order valence-corrected chi connectivity index (χ1v) is 7.40. The van der Waals surface area contributed by atoms with E-state index in [-0.39, 0.29) is 11.1 Å². The fraction of sp³-hybridized carbons (Fsp3) is 0.375. The number of furan rings is 1. The van der Waals surface area contributed by atoms with E-state index in [2.05, 4.69) is 5.32 Å². The fourth-order valence-electron chi connectivity index (χ4n) is 2.06. The van der Waals surface area contributed by atoms with Crippen molar-refractivity contribution in [1.29, 1.82) is 0 Å². The van der Waals surface area contributed by atoms with Crippen LogP contribution >= 0.6 is 11.6 Å². The van der Waals surface area contributed by atoms with E-state index in [1.807, 2.05) is 0 Å². The van der Waals surface area contributed by atoms with Crippen molar-refractivity contribution < 1.29 is 23.8 Å². The summed E-state index contributed by atoms with van der Waals surface area (Å²) in [4.78, 5) is 23.1. The Morgan fingerprint density at radius 2 is 1.96 bits per heavy atom. The van der Waals surface area contributed by atoms with Crippen molar-refractivity contribution in [3.05, 3.63) is 34.5 Å². The number of aromatic carboxylic acids is 1. The highest BCUT2D eigenvalue weighted by Crippen LogP contribution is 2.30. The zero-order valence-electron chi connectivity index (χ0n) is 13.3. The molecule has 6 nitrogen and oxygen atoms in total. The molecular weight excluding hydrogens is 322 g/mol. The highest BCUT2D eigenvalue weighted by atomic mass is 35.5. The number of nitrogens with one attached hydrogen (secondary N) is 1. The molecule has 0 spiro atoms. The molecule has 1 unspecified atom stereocenters. The molecule has 7 heteroatoms. The van der Waals surface area contributed by atoms with Gasteiger partial charge in [0.2, 0.25) is 0 Å². The standard InChI is InChI=1S/C16H18ClNO5/c1-8(18-15(21)23-16(2,3)4)12-6-9-5-10(17)7-11(14(19)20)13(9)22-12/h5-8H,1-4H3,(H,18,21)(H,19,20). The summed E-state index contributed by atoms with van der Waals surface area (Å²) in [6, 6.07) is 4.09. The Morgan fingerprint density at radius 3 is 2.52 bits per heavy atom. The summed E-state index contributed by atoms with van der Waals surface area (Å²) in [5.41, 5.74) is -0.417. The van der Waals surface area contributed by atoms with Gasteiger partial charge in [0.25, 0.3) is 0 Å². The number of carboxylic acids is 1. The molecule has 0 aliphatic carbocycles. The average molecular weight is 340 g/mol. The molecule has 0 saturated heterocycles. The molecular formula is C16H18ClNO5. The maximum absolute atomic E-state index is 11.8. The van der Waals surface area contributed by atoms with Crippen LogP contribution in [0.2, 0.25) is 5.02 Å². The molecule has 1 aromatic heterocycles. The first-order chi connectivity index (χ1) is 10.6. The minimum atomic E-state index is -1.13. The van der Waals surface area contributed by atoms with Crippen LogP contribution in [-0.4, -0.2) is 22.8 Å². The average Bonchev–Trinajstić information content (AvgIpc) is 2.78. The summed E-state index contributed by atoms with van der Waals surface area (Å²) < 4.78 is 10.8. The van der Waals surface area contributed by atoms with Gasteiger partial charge in [-0.3, -0.25) is 0 Å². The summed E-state index contributed by atoms with van der Waals surface area (Å²) in [5.74, 6) is -0.721. The molecule has 2 rings (SSSR count). The van der Waals surface area contributed by atoms with E-state index in [9.17, 15) is 14.7 Å². The van der Waals surface area contributed by atoms with Crippen LogP contribution in [0.15, 0.2) is 22.6 Å². The maximum atomic E-state index is 11.8. The minimum absolute atomic E-state index is 0.0248. The highest BCUT2D eigenvalue weighted by molar-refractivity contribution is 6.32. The SMILES string of the molecule is CC(NC(=O)OC(C)(C)C)c1cc2cc(Cl)cc(C(=O)O)c2o1. The van der Waals surface area contributed by atoms with Crippen LogP contribution in [0.4, 0.5) is 4.79 Å². The van der Waals surface area contributed by atoms with Gasteiger partial charge in [0, 0.05) is 10.4 Å². The molecule has 2 aromatic rings. The second kappa shape index (κ2) is 6.12. The maximum Gasteiger partial charge on any atom is 0.408 e. The molecule has 124 valence electrons. The van der Waals surface area contributed by atoms with Crippen LogP contribution in [0.5, 0.6) is 0 Å². The number of alkyl carbamates (subject to hydrolysis) is 1. The third kappa shape index (κ3) is 4.16. The van der Waals surface area contributed by atoms with Gasteiger partial charge in [0.05, 0.1) is 6.04 Å². The number of rotatable bonds is 3. The van der Waals surface area contributed by atoms with Crippen molar-refractivity contribution in [3.8, 4) is 0 Å². The lowest BCUT2D eigenvalue weighted by Gasteiger charge is -2.21. The van der Waals surface area contributed by atoms with Crippen LogP contribution in [0.3, 0.4) is 0 Å². The molecule has 0 aliphatic rings. The van der Waals surface area contributed by atoms with Gasteiger partial charge < -0.3 is 19.6 Å². The minimum Gasteiger partial charge on any atom is -0.478 e. The lowest BCUT2D eigenvalue weighted by Crippen LogP contribution is -2.33. The van der Waals surface area contributed by atoms with Crippen molar-refractivity contribution in [2.24, 2.45) is 0 Å². The summed E-state index contributed by atoms with van der Waals surface area (Å²) >= 11 is 5.92. The molecule has 2 N–H and O–H groups in total. The molecule has 1 aromatic carbocycles. The zero-order valence-corrected chi connectivity index (χ0v) is 14.0. The van der Waals surface area contributed by atoms with Gasteiger partial charge in [0.15, 0.2) is 0 Å². The van der Waals surface area contributed by atoms with Gasteiger partial charge in [-0.15, -0.1) is 0 Å². The Morgan fingerprint density at radius 1 is 1.30 bits per heavy atom. The first-order valence-electron chi connectivity index (χ1n) is 7.02. The topological polar surface area (TPSA) is 88.8 Å². The summed E-state index contributed by atoms with van der Waals surface area (Å²) in [6.45, 7) is 7.00. The Bertz CT molecular complexity index is 760. The van der Waals surface area contributed by atoms with Crippen LogP contribution < -0.4 is 5.32 Å². The number of fused-ring (bicyclic) bond motifs is 1. The number of ether oxygens (including phenoxy) is 1. The van der Waals surface area contributed by atoms with Gasteiger partial charge in [-0.25, -0.2) is 9.59 Å². The van der Waals surface area contributed by atoms with E-state index < -0.39 is 23.7 Å². The first kappa shape index (κ1) is 17.1. The molecule has 0 aliphatic heterocycles. The van der Waals surface area contributed by atoms with E-state index in [4.69, 9.17) is 20.8 Å². The molecule has 1 atom stereocenters. The van der Waals surface area contributed by atoms with E-state index in [1.54, 1.807) is 39.8 Å². The summed E-state index contributed by atoms with van der Waals surface area (Å²) in [7, 11) is 0. The largest absolute Gasteiger partial charge is 0.478 e. The van der Waals surface area contributed by atoms with Gasteiger partial charge in [-0.1, -0.05) is 11.6 Å². The quantitative estimate of drug-likeness (QED) is 0.866. The number of hydrogen-bond acceptors (Lipinski definition) is 4. The Labute approximate surface area is 138 Å². The Balaban J connectivity index is 2.28. The van der Waals surface area contributed by atoms with Crippen molar-refractivity contribution >= 4 is 34.6 Å². The summed E-state index contributed by atoms with van der Waals surface area (Å²) in [5, 5.41) is 12.7. The Kier molecular flexibility index (Phi) is 4.56. The van der Waals surface area contributed by atoms with Crippen LogP contribution in [0.1, 0.15) is 49.9 Å². The summed E-state index contributed by atoms with van der Waals surface area (Å²) in [6.07, 6.45) is -0.582. The second-order valence-electron chi connectivity index (χ2n) is 6.19. The van der Waals surface area contributed by atoms with Gasteiger partial charge in [0.1, 0.15) is 22.5 Å². The van der Waals surface area contributed by atoms with Crippen molar-refractivity contribution in [3.63, 3.8) is 0 Å². The number of halogens is 1. The Hall–Kier alpha value is -2.21. The molecule has 0 saturated carbocycles. The number of benzene rings is 1. The predicted molar refractivity (Wildman–Crippen MR) is 86.0 cm³/mol. The molecule has 1 heterocycles. The third-order valence-corrected chi connectivity index (χ3v) is 3.21. The number of carbonyl (C=O) groups is 2. The smallest absolute Gasteiger partial charge is 0.408 e. The molecule has 0 radical (unpaired) electrons. The van der Waals surface area contributed by atoms with Crippen LogP contribution in [0, 0.1) is 0 Å².